The summed E-state index contributed by atoms with van der Waals surface area (Å²) in [6.07, 6.45) is 4.93. The first-order valence-electron chi connectivity index (χ1n) is 9.14. The number of nitrogens with zero attached hydrogens (tertiary/aromatic N) is 2. The molecule has 1 aromatic rings. The highest BCUT2D eigenvalue weighted by atomic mass is 32.2. The summed E-state index contributed by atoms with van der Waals surface area (Å²) >= 11 is 0. The molecular weight excluding hydrogens is 352 g/mol. The number of hydrogen-bond acceptors (Lipinski definition) is 5. The Morgan fingerprint density at radius 2 is 2.15 bits per heavy atom. The summed E-state index contributed by atoms with van der Waals surface area (Å²) in [5.41, 5.74) is 0.482. The predicted molar refractivity (Wildman–Crippen MR) is 102 cm³/mol. The number of piperidine rings is 1. The number of sulfonamides is 1. The Balaban J connectivity index is 1.64. The van der Waals surface area contributed by atoms with E-state index in [0.717, 1.165) is 25.8 Å². The van der Waals surface area contributed by atoms with E-state index >= 15 is 0 Å². The predicted octanol–water partition coefficient (Wildman–Crippen LogP) is 1.97. The second-order valence-electron chi connectivity index (χ2n) is 6.93. The highest BCUT2D eigenvalue weighted by Crippen LogP contribution is 2.18. The second kappa shape index (κ2) is 8.18. The number of amidine groups is 1. The number of benzene rings is 1. The molecule has 7 nitrogen and oxygen atoms in total. The molecule has 1 saturated heterocycles. The topological polar surface area (TPSA) is 90.9 Å². The molecule has 0 unspecified atom stereocenters. The summed E-state index contributed by atoms with van der Waals surface area (Å²) in [5.74, 6) is 0.375. The molecule has 1 aromatic carbocycles. The standard InChI is InChI=1S/C18H26N4O3S/c1-14-6-2-3-11-22(14)13-18(23)20-15-7-4-8-16(12-15)26(24,25)21-17-9-5-10-19-17/h4,7-8,12,14H,2-3,5-6,9-11,13H2,1H3,(H,19,21)(H,20,23)/t14-/m0/s1. The lowest BCUT2D eigenvalue weighted by Crippen LogP contribution is -2.42. The smallest absolute Gasteiger partial charge is 0.262 e. The Labute approximate surface area is 154 Å². The van der Waals surface area contributed by atoms with E-state index in [2.05, 4.69) is 26.9 Å². The molecule has 0 saturated carbocycles. The number of likely N-dealkylation sites (tertiary alicyclic amines) is 1. The van der Waals surface area contributed by atoms with Gasteiger partial charge in [-0.25, -0.2) is 8.42 Å². The molecule has 0 radical (unpaired) electrons. The van der Waals surface area contributed by atoms with Crippen LogP contribution < -0.4 is 10.0 Å². The molecule has 0 spiro atoms. The van der Waals surface area contributed by atoms with Gasteiger partial charge in [0, 0.05) is 24.7 Å². The van der Waals surface area contributed by atoms with Gasteiger partial charge in [-0.3, -0.25) is 19.4 Å². The van der Waals surface area contributed by atoms with Crippen LogP contribution in [-0.4, -0.2) is 50.7 Å². The summed E-state index contributed by atoms with van der Waals surface area (Å²) in [6, 6.07) is 6.72. The van der Waals surface area contributed by atoms with Crippen molar-refractivity contribution in [2.45, 2.75) is 50.0 Å². The second-order valence-corrected chi connectivity index (χ2v) is 8.61. The van der Waals surface area contributed by atoms with Crippen molar-refractivity contribution >= 4 is 27.5 Å². The minimum atomic E-state index is -3.68. The summed E-state index contributed by atoms with van der Waals surface area (Å²) in [6.45, 7) is 4.04. The molecule has 0 aromatic heterocycles. The highest BCUT2D eigenvalue weighted by molar-refractivity contribution is 7.90. The Morgan fingerprint density at radius 1 is 1.31 bits per heavy atom. The van der Waals surface area contributed by atoms with Crippen molar-refractivity contribution in [1.82, 2.24) is 9.62 Å². The third kappa shape index (κ3) is 4.82. The maximum atomic E-state index is 12.5. The fraction of sp³-hybridized carbons (Fsp3) is 0.556. The molecule has 26 heavy (non-hydrogen) atoms. The molecule has 1 atom stereocenters. The van der Waals surface area contributed by atoms with Gasteiger partial charge in [-0.1, -0.05) is 12.5 Å². The van der Waals surface area contributed by atoms with E-state index in [1.54, 1.807) is 12.1 Å². The van der Waals surface area contributed by atoms with Crippen LogP contribution in [0.25, 0.3) is 0 Å². The molecule has 1 fully saturated rings. The van der Waals surface area contributed by atoms with E-state index in [9.17, 15) is 13.2 Å². The molecule has 1 amide bonds. The van der Waals surface area contributed by atoms with E-state index < -0.39 is 10.0 Å². The number of carbonyl (C=O) groups is 1. The van der Waals surface area contributed by atoms with Crippen LogP contribution in [0.1, 0.15) is 39.0 Å². The number of hydrogen-bond donors (Lipinski definition) is 2. The van der Waals surface area contributed by atoms with Gasteiger partial charge in [0.2, 0.25) is 5.91 Å². The van der Waals surface area contributed by atoms with Crippen LogP contribution in [0.3, 0.4) is 0 Å². The lowest BCUT2D eigenvalue weighted by Gasteiger charge is -2.32. The molecule has 2 aliphatic heterocycles. The molecule has 0 bridgehead atoms. The lowest BCUT2D eigenvalue weighted by molar-refractivity contribution is -0.118. The lowest BCUT2D eigenvalue weighted by atomic mass is 10.0. The van der Waals surface area contributed by atoms with Gasteiger partial charge >= 0.3 is 0 Å². The normalized spacial score (nSPS) is 21.3. The quantitative estimate of drug-likeness (QED) is 0.820. The van der Waals surface area contributed by atoms with E-state index in [-0.39, 0.29) is 10.8 Å². The van der Waals surface area contributed by atoms with Crippen molar-refractivity contribution in [3.63, 3.8) is 0 Å². The third-order valence-corrected chi connectivity index (χ3v) is 6.22. The van der Waals surface area contributed by atoms with Crippen molar-refractivity contribution in [3.05, 3.63) is 24.3 Å². The van der Waals surface area contributed by atoms with Gasteiger partial charge in [-0.05, 0) is 50.9 Å². The first kappa shape index (κ1) is 18.8. The van der Waals surface area contributed by atoms with E-state index in [1.165, 1.54) is 18.6 Å². The maximum Gasteiger partial charge on any atom is 0.262 e. The van der Waals surface area contributed by atoms with Crippen molar-refractivity contribution in [2.24, 2.45) is 4.99 Å². The van der Waals surface area contributed by atoms with Gasteiger partial charge in [0.1, 0.15) is 5.84 Å². The first-order chi connectivity index (χ1) is 12.4. The van der Waals surface area contributed by atoms with Crippen LogP contribution in [0, 0.1) is 0 Å². The SMILES string of the molecule is C[C@H]1CCCCN1CC(=O)Nc1cccc(S(=O)(=O)NC2=NCCC2)c1. The van der Waals surface area contributed by atoms with E-state index in [1.807, 2.05) is 0 Å². The number of nitrogens with one attached hydrogen (secondary N) is 2. The van der Waals surface area contributed by atoms with Gasteiger partial charge in [-0.2, -0.15) is 0 Å². The number of amides is 1. The minimum Gasteiger partial charge on any atom is -0.325 e. The zero-order valence-corrected chi connectivity index (χ0v) is 15.9. The van der Waals surface area contributed by atoms with Crippen LogP contribution in [0.5, 0.6) is 0 Å². The Morgan fingerprint density at radius 3 is 2.88 bits per heavy atom. The fourth-order valence-electron chi connectivity index (χ4n) is 3.36. The first-order valence-corrected chi connectivity index (χ1v) is 10.6. The van der Waals surface area contributed by atoms with Gasteiger partial charge in [0.25, 0.3) is 10.0 Å². The zero-order valence-electron chi connectivity index (χ0n) is 15.1. The van der Waals surface area contributed by atoms with Crippen molar-refractivity contribution in [3.8, 4) is 0 Å². The molecule has 2 aliphatic rings. The summed E-state index contributed by atoms with van der Waals surface area (Å²) in [5, 5.41) is 2.81. The largest absolute Gasteiger partial charge is 0.325 e. The van der Waals surface area contributed by atoms with Gasteiger partial charge in [-0.15, -0.1) is 0 Å². The Kier molecular flexibility index (Phi) is 5.93. The number of aliphatic imine (C=N–C) groups is 1. The van der Waals surface area contributed by atoms with Crippen LogP contribution in [0.4, 0.5) is 5.69 Å². The Bertz CT molecular complexity index is 791. The maximum absolute atomic E-state index is 12.5. The van der Waals surface area contributed by atoms with Crippen LogP contribution in [0.2, 0.25) is 0 Å². The molecule has 2 N–H and O–H groups in total. The highest BCUT2D eigenvalue weighted by Gasteiger charge is 2.21. The van der Waals surface area contributed by atoms with Crippen LogP contribution in [-0.2, 0) is 14.8 Å². The van der Waals surface area contributed by atoms with E-state index in [0.29, 0.717) is 37.1 Å². The third-order valence-electron chi connectivity index (χ3n) is 4.84. The number of rotatable bonds is 5. The fourth-order valence-corrected chi connectivity index (χ4v) is 4.49. The number of anilines is 1. The molecular formula is C18H26N4O3S. The molecule has 8 heteroatoms. The summed E-state index contributed by atoms with van der Waals surface area (Å²) < 4.78 is 27.5. The van der Waals surface area contributed by atoms with Crippen molar-refractivity contribution in [1.29, 1.82) is 0 Å². The van der Waals surface area contributed by atoms with Crippen molar-refractivity contribution < 1.29 is 13.2 Å². The monoisotopic (exact) mass is 378 g/mol. The summed E-state index contributed by atoms with van der Waals surface area (Å²) in [7, 11) is -3.68. The van der Waals surface area contributed by atoms with E-state index in [4.69, 9.17) is 0 Å². The average Bonchev–Trinajstić information content (AvgIpc) is 3.09. The van der Waals surface area contributed by atoms with Gasteiger partial charge in [0.05, 0.1) is 11.4 Å². The summed E-state index contributed by atoms with van der Waals surface area (Å²) in [4.78, 5) is 18.8. The molecule has 0 aliphatic carbocycles. The van der Waals surface area contributed by atoms with Gasteiger partial charge in [0.15, 0.2) is 0 Å². The Hall–Kier alpha value is -1.93. The molecule has 142 valence electrons. The molecule has 3 rings (SSSR count). The average molecular weight is 378 g/mol. The van der Waals surface area contributed by atoms with Gasteiger partial charge < -0.3 is 5.32 Å². The molecule has 2 heterocycles. The van der Waals surface area contributed by atoms with Crippen LogP contribution >= 0.6 is 0 Å². The minimum absolute atomic E-state index is 0.122. The zero-order chi connectivity index (χ0) is 18.6. The number of carbonyl (C=O) groups excluding carboxylic acids is 1. The van der Waals surface area contributed by atoms with Crippen molar-refractivity contribution in [2.75, 3.05) is 25.0 Å². The van der Waals surface area contributed by atoms with Crippen LogP contribution in [0.15, 0.2) is 34.2 Å².